The molecule has 0 aliphatic carbocycles. The molecule has 4 nitrogen and oxygen atoms in total. The second-order valence-electron chi connectivity index (χ2n) is 4.85. The number of para-hydroxylation sites is 1. The van der Waals surface area contributed by atoms with Gasteiger partial charge in [0.25, 0.3) is 0 Å². The van der Waals surface area contributed by atoms with Crippen LogP contribution in [0.15, 0.2) is 53.4 Å². The number of carbonyl (C=O) groups excluding carboxylic acids is 2. The largest absolute Gasteiger partial charge is 0.326 e. The normalized spacial score (nSPS) is 16.6. The Bertz CT molecular complexity index is 736. The van der Waals surface area contributed by atoms with Crippen molar-refractivity contribution in [3.05, 3.63) is 53.6 Å². The van der Waals surface area contributed by atoms with E-state index in [0.717, 1.165) is 10.6 Å². The van der Waals surface area contributed by atoms with Crippen molar-refractivity contribution < 1.29 is 9.59 Å². The zero-order valence-corrected chi connectivity index (χ0v) is 13.1. The number of nitrogens with one attached hydrogen (secondary N) is 2. The summed E-state index contributed by atoms with van der Waals surface area (Å²) in [5, 5.41) is 5.70. The molecule has 2 aromatic carbocycles. The fourth-order valence-electron chi connectivity index (χ4n) is 2.17. The molecule has 1 heterocycles. The summed E-state index contributed by atoms with van der Waals surface area (Å²) in [4.78, 5) is 25.1. The molecule has 1 aliphatic heterocycles. The minimum Gasteiger partial charge on any atom is -0.326 e. The number of halogens is 1. The molecular formula is C16H13ClN2O2S. The molecule has 3 rings (SSSR count). The number of fused-ring (bicyclic) bond motifs is 1. The maximum absolute atomic E-state index is 12.1. The summed E-state index contributed by atoms with van der Waals surface area (Å²) in [7, 11) is 0. The van der Waals surface area contributed by atoms with Crippen LogP contribution in [0, 0.1) is 0 Å². The molecule has 0 bridgehead atoms. The van der Waals surface area contributed by atoms with Crippen LogP contribution in [0.1, 0.15) is 6.42 Å². The van der Waals surface area contributed by atoms with Gasteiger partial charge in [-0.3, -0.25) is 9.59 Å². The van der Waals surface area contributed by atoms with Gasteiger partial charge >= 0.3 is 0 Å². The Balaban J connectivity index is 1.66. The van der Waals surface area contributed by atoms with Crippen LogP contribution in [0.4, 0.5) is 11.4 Å². The third-order valence-electron chi connectivity index (χ3n) is 3.19. The lowest BCUT2D eigenvalue weighted by molar-refractivity contribution is -0.120. The molecule has 112 valence electrons. The second kappa shape index (κ2) is 6.42. The van der Waals surface area contributed by atoms with Gasteiger partial charge in [-0.25, -0.2) is 0 Å². The van der Waals surface area contributed by atoms with E-state index >= 15 is 0 Å². The molecule has 2 amide bonds. The monoisotopic (exact) mass is 332 g/mol. The van der Waals surface area contributed by atoms with Crippen molar-refractivity contribution in [2.24, 2.45) is 0 Å². The van der Waals surface area contributed by atoms with Crippen LogP contribution in [0.5, 0.6) is 0 Å². The Hall–Kier alpha value is -1.98. The molecule has 0 spiro atoms. The zero-order valence-electron chi connectivity index (χ0n) is 11.5. The van der Waals surface area contributed by atoms with Crippen LogP contribution >= 0.6 is 23.4 Å². The van der Waals surface area contributed by atoms with Crippen molar-refractivity contribution in [3.63, 3.8) is 0 Å². The summed E-state index contributed by atoms with van der Waals surface area (Å²) in [6.45, 7) is 0. The minimum atomic E-state index is -0.436. The quantitative estimate of drug-likeness (QED) is 0.899. The van der Waals surface area contributed by atoms with Crippen LogP contribution in [0.3, 0.4) is 0 Å². The molecule has 1 aliphatic rings. The highest BCUT2D eigenvalue weighted by Gasteiger charge is 2.28. The Morgan fingerprint density at radius 1 is 1.23 bits per heavy atom. The molecule has 2 N–H and O–H groups in total. The standard InChI is InChI=1S/C16H13ClN2O2S/c17-10-4-3-5-11(8-10)18-15(20)9-14-16(21)19-12-6-1-2-7-13(12)22-14/h1-8,14H,9H2,(H,18,20)(H,19,21)/t14-/m0/s1. The van der Waals surface area contributed by atoms with Crippen LogP contribution < -0.4 is 10.6 Å². The fraction of sp³-hybridized carbons (Fsp3) is 0.125. The highest BCUT2D eigenvalue weighted by Crippen LogP contribution is 2.36. The lowest BCUT2D eigenvalue weighted by Gasteiger charge is -2.23. The summed E-state index contributed by atoms with van der Waals surface area (Å²) in [5.41, 5.74) is 1.42. The van der Waals surface area contributed by atoms with E-state index in [-0.39, 0.29) is 18.2 Å². The smallest absolute Gasteiger partial charge is 0.238 e. The molecular weight excluding hydrogens is 320 g/mol. The predicted octanol–water partition coefficient (Wildman–Crippen LogP) is 3.78. The van der Waals surface area contributed by atoms with Crippen molar-refractivity contribution in [2.75, 3.05) is 10.6 Å². The van der Waals surface area contributed by atoms with Gasteiger partial charge in [-0.05, 0) is 30.3 Å². The lowest BCUT2D eigenvalue weighted by Crippen LogP contribution is -2.32. The molecule has 0 saturated heterocycles. The van der Waals surface area contributed by atoms with Gasteiger partial charge in [-0.1, -0.05) is 29.8 Å². The highest BCUT2D eigenvalue weighted by molar-refractivity contribution is 8.01. The van der Waals surface area contributed by atoms with Crippen LogP contribution in [0.2, 0.25) is 5.02 Å². The van der Waals surface area contributed by atoms with Gasteiger partial charge in [0.05, 0.1) is 10.9 Å². The van der Waals surface area contributed by atoms with E-state index in [1.807, 2.05) is 24.3 Å². The number of anilines is 2. The molecule has 22 heavy (non-hydrogen) atoms. The van der Waals surface area contributed by atoms with E-state index in [9.17, 15) is 9.59 Å². The number of carbonyl (C=O) groups is 2. The lowest BCUT2D eigenvalue weighted by atomic mass is 10.2. The number of amides is 2. The van der Waals surface area contributed by atoms with E-state index < -0.39 is 5.25 Å². The van der Waals surface area contributed by atoms with Crippen molar-refractivity contribution in [3.8, 4) is 0 Å². The highest BCUT2D eigenvalue weighted by atomic mass is 35.5. The average molecular weight is 333 g/mol. The molecule has 0 fully saturated rings. The second-order valence-corrected chi connectivity index (χ2v) is 6.54. The van der Waals surface area contributed by atoms with E-state index in [4.69, 9.17) is 11.6 Å². The van der Waals surface area contributed by atoms with E-state index in [0.29, 0.717) is 10.7 Å². The summed E-state index contributed by atoms with van der Waals surface area (Å²) in [6.07, 6.45) is 0.108. The number of rotatable bonds is 3. The molecule has 0 radical (unpaired) electrons. The summed E-state index contributed by atoms with van der Waals surface area (Å²) in [6, 6.07) is 14.5. The Morgan fingerprint density at radius 2 is 2.05 bits per heavy atom. The first-order chi connectivity index (χ1) is 10.6. The third-order valence-corrected chi connectivity index (χ3v) is 4.70. The van der Waals surface area contributed by atoms with Crippen molar-refractivity contribution in [1.82, 2.24) is 0 Å². The predicted molar refractivity (Wildman–Crippen MR) is 89.4 cm³/mol. The van der Waals surface area contributed by atoms with Crippen LogP contribution in [0.25, 0.3) is 0 Å². The van der Waals surface area contributed by atoms with Gasteiger partial charge in [0.15, 0.2) is 0 Å². The van der Waals surface area contributed by atoms with Crippen molar-refractivity contribution in [2.45, 2.75) is 16.6 Å². The molecule has 2 aromatic rings. The summed E-state index contributed by atoms with van der Waals surface area (Å²) < 4.78 is 0. The Kier molecular flexibility index (Phi) is 4.36. The van der Waals surface area contributed by atoms with Gasteiger partial charge in [0.1, 0.15) is 0 Å². The van der Waals surface area contributed by atoms with E-state index in [1.165, 1.54) is 11.8 Å². The zero-order chi connectivity index (χ0) is 15.5. The topological polar surface area (TPSA) is 58.2 Å². The molecule has 0 unspecified atom stereocenters. The first kappa shape index (κ1) is 14.9. The number of benzene rings is 2. The van der Waals surface area contributed by atoms with Crippen LogP contribution in [-0.4, -0.2) is 17.1 Å². The SMILES string of the molecule is O=C(C[C@@H]1Sc2ccccc2NC1=O)Nc1cccc(Cl)c1. The van der Waals surface area contributed by atoms with E-state index in [1.54, 1.807) is 24.3 Å². The van der Waals surface area contributed by atoms with Gasteiger partial charge in [0, 0.05) is 22.0 Å². The average Bonchev–Trinajstić information content (AvgIpc) is 2.48. The maximum Gasteiger partial charge on any atom is 0.238 e. The number of hydrogen-bond donors (Lipinski definition) is 2. The Labute approximate surface area is 137 Å². The summed E-state index contributed by atoms with van der Waals surface area (Å²) in [5.74, 6) is -0.362. The van der Waals surface area contributed by atoms with Crippen LogP contribution in [-0.2, 0) is 9.59 Å². The Morgan fingerprint density at radius 3 is 2.86 bits per heavy atom. The molecule has 0 saturated carbocycles. The van der Waals surface area contributed by atoms with Gasteiger partial charge in [0.2, 0.25) is 11.8 Å². The molecule has 0 aromatic heterocycles. The number of hydrogen-bond acceptors (Lipinski definition) is 3. The minimum absolute atomic E-state index is 0.108. The third kappa shape index (κ3) is 3.43. The van der Waals surface area contributed by atoms with E-state index in [2.05, 4.69) is 10.6 Å². The maximum atomic E-state index is 12.1. The first-order valence-electron chi connectivity index (χ1n) is 6.74. The number of thioether (sulfide) groups is 1. The van der Waals surface area contributed by atoms with Gasteiger partial charge in [-0.2, -0.15) is 0 Å². The van der Waals surface area contributed by atoms with Crippen molar-refractivity contribution in [1.29, 1.82) is 0 Å². The summed E-state index contributed by atoms with van der Waals surface area (Å²) >= 11 is 7.29. The molecule has 1 atom stereocenters. The van der Waals surface area contributed by atoms with Gasteiger partial charge in [-0.15, -0.1) is 11.8 Å². The fourth-order valence-corrected chi connectivity index (χ4v) is 3.47. The van der Waals surface area contributed by atoms with Crippen molar-refractivity contribution >= 4 is 46.6 Å². The first-order valence-corrected chi connectivity index (χ1v) is 7.99. The van der Waals surface area contributed by atoms with Gasteiger partial charge < -0.3 is 10.6 Å². The molecule has 6 heteroatoms.